The molecule has 0 radical (unpaired) electrons. The Hall–Kier alpha value is -3.75. The number of nitrogens with two attached hydrogens (primary N) is 2. The van der Waals surface area contributed by atoms with Gasteiger partial charge < -0.3 is 32.1 Å². The van der Waals surface area contributed by atoms with Gasteiger partial charge in [-0.15, -0.1) is 0 Å². The molecule has 0 saturated carbocycles. The van der Waals surface area contributed by atoms with Crippen LogP contribution in [0, 0.1) is 5.92 Å². The predicted octanol–water partition coefficient (Wildman–Crippen LogP) is -3.26. The van der Waals surface area contributed by atoms with Crippen LogP contribution in [-0.2, 0) is 33.6 Å². The molecule has 0 heterocycles. The fraction of sp³-hybridized carbons (Fsp3) is 0.650. The quantitative estimate of drug-likeness (QED) is 0.0636. The van der Waals surface area contributed by atoms with E-state index in [0.29, 0.717) is 0 Å². The molecule has 0 aliphatic carbocycles. The largest absolute Gasteiger partial charge is 0.481 e. The normalized spacial score (nSPS) is 14.0. The summed E-state index contributed by atoms with van der Waals surface area (Å²) in [5.41, 5.74) is 7.11. The third kappa shape index (κ3) is 12.9. The number of carbonyl (C=O) groups excluding carboxylic acids is 6. The van der Waals surface area contributed by atoms with Gasteiger partial charge in [0.1, 0.15) is 24.2 Å². The van der Waals surface area contributed by atoms with Crippen LogP contribution >= 0.6 is 0 Å². The fourth-order valence-corrected chi connectivity index (χ4v) is 2.79. The summed E-state index contributed by atoms with van der Waals surface area (Å²) in [6.07, 6.45) is -1.08. The van der Waals surface area contributed by atoms with Crippen molar-refractivity contribution in [1.29, 1.82) is 0 Å². The van der Waals surface area contributed by atoms with E-state index in [-0.39, 0.29) is 18.8 Å². The van der Waals surface area contributed by atoms with Gasteiger partial charge in [0.2, 0.25) is 29.5 Å². The van der Waals surface area contributed by atoms with Crippen molar-refractivity contribution >= 4 is 41.4 Å². The van der Waals surface area contributed by atoms with Gasteiger partial charge in [0.15, 0.2) is 0 Å². The molecule has 0 saturated heterocycles. The molecule has 4 atom stereocenters. The first-order valence-electron chi connectivity index (χ1n) is 10.9. The van der Waals surface area contributed by atoms with Gasteiger partial charge in [-0.3, -0.25) is 39.0 Å². The lowest BCUT2D eigenvalue weighted by Crippen LogP contribution is -2.58. The molecule has 4 unspecified atom stereocenters. The lowest BCUT2D eigenvalue weighted by molar-refractivity contribution is -0.139. The summed E-state index contributed by atoms with van der Waals surface area (Å²) < 4.78 is 0. The summed E-state index contributed by atoms with van der Waals surface area (Å²) in [4.78, 5) is 83.0. The monoisotopic (exact) mass is 501 g/mol. The van der Waals surface area contributed by atoms with Crippen LogP contribution in [0.25, 0.3) is 0 Å². The Morgan fingerprint density at radius 3 is 1.71 bits per heavy atom. The highest BCUT2D eigenvalue weighted by atomic mass is 16.4. The number of nitrogens with one attached hydrogen (secondary N) is 5. The zero-order valence-corrected chi connectivity index (χ0v) is 20.2. The first kappa shape index (κ1) is 31.2. The Bertz CT molecular complexity index is 817. The van der Waals surface area contributed by atoms with Crippen LogP contribution in [0.15, 0.2) is 0 Å². The van der Waals surface area contributed by atoms with Crippen LogP contribution < -0.4 is 38.3 Å². The van der Waals surface area contributed by atoms with Crippen molar-refractivity contribution in [2.45, 2.75) is 77.5 Å². The molecule has 0 fully saturated rings. The number of hydrogen-bond acceptors (Lipinski definition) is 8. The summed E-state index contributed by atoms with van der Waals surface area (Å²) >= 11 is 0. The van der Waals surface area contributed by atoms with Crippen molar-refractivity contribution in [3.8, 4) is 0 Å². The predicted molar refractivity (Wildman–Crippen MR) is 122 cm³/mol. The zero-order chi connectivity index (χ0) is 27.3. The van der Waals surface area contributed by atoms with E-state index >= 15 is 0 Å². The molecule has 0 aliphatic rings. The van der Waals surface area contributed by atoms with Crippen LogP contribution in [0.1, 0.15) is 53.4 Å². The minimum absolute atomic E-state index is 0.00336. The highest BCUT2D eigenvalue weighted by Crippen LogP contribution is 2.06. The van der Waals surface area contributed by atoms with Gasteiger partial charge in [-0.1, -0.05) is 13.8 Å². The second kappa shape index (κ2) is 15.2. The molecule has 0 aromatic rings. The zero-order valence-electron chi connectivity index (χ0n) is 20.2. The molecule has 0 bridgehead atoms. The number of carboxylic acid groups (broad SMARTS) is 1. The second-order valence-electron chi connectivity index (χ2n) is 8.34. The van der Waals surface area contributed by atoms with E-state index in [1.54, 1.807) is 0 Å². The average Bonchev–Trinajstić information content (AvgIpc) is 2.75. The Labute approximate surface area is 202 Å². The molecule has 0 spiro atoms. The first-order valence-corrected chi connectivity index (χ1v) is 10.9. The summed E-state index contributed by atoms with van der Waals surface area (Å²) in [6.45, 7) is 6.26. The number of aliphatic carboxylic acids is 1. The number of carbonyl (C=O) groups is 7. The summed E-state index contributed by atoms with van der Waals surface area (Å²) in [5, 5.41) is 17.9. The molecule has 0 rings (SSSR count). The molecule has 0 aromatic heterocycles. The molecule has 0 aromatic carbocycles. The maximum Gasteiger partial charge on any atom is 0.303 e. The molecule has 198 valence electrons. The van der Waals surface area contributed by atoms with E-state index in [0.717, 1.165) is 0 Å². The molecule has 0 aliphatic heterocycles. The second-order valence-corrected chi connectivity index (χ2v) is 8.34. The molecule has 15 nitrogen and oxygen atoms in total. The van der Waals surface area contributed by atoms with Crippen molar-refractivity contribution in [1.82, 2.24) is 26.7 Å². The number of hydrogen-bond donors (Lipinski definition) is 8. The number of primary amides is 1. The third-order valence-electron chi connectivity index (χ3n) is 4.61. The fourth-order valence-electron chi connectivity index (χ4n) is 2.79. The molecule has 10 N–H and O–H groups in total. The third-order valence-corrected chi connectivity index (χ3v) is 4.61. The SMILES string of the molecule is CC(C)CC(NC(=O)C(CC(N)=O)NC(=O)C(C)NC(=O)C(C)NC(=O)CCC(=O)O)C(=O)NN. The van der Waals surface area contributed by atoms with Crippen molar-refractivity contribution in [3.63, 3.8) is 0 Å². The van der Waals surface area contributed by atoms with E-state index in [4.69, 9.17) is 16.7 Å². The summed E-state index contributed by atoms with van der Waals surface area (Å²) in [5.74, 6) is -0.699. The van der Waals surface area contributed by atoms with Crippen molar-refractivity contribution < 1.29 is 38.7 Å². The van der Waals surface area contributed by atoms with Gasteiger partial charge in [-0.05, 0) is 26.2 Å². The average molecular weight is 502 g/mol. The maximum atomic E-state index is 12.7. The van der Waals surface area contributed by atoms with Crippen LogP contribution in [0.4, 0.5) is 0 Å². The van der Waals surface area contributed by atoms with Gasteiger partial charge in [-0.2, -0.15) is 0 Å². The van der Waals surface area contributed by atoms with Gasteiger partial charge in [0.25, 0.3) is 5.91 Å². The number of hydrazine groups is 1. The number of carboxylic acids is 1. The van der Waals surface area contributed by atoms with Crippen LogP contribution in [0.2, 0.25) is 0 Å². The number of rotatable bonds is 15. The summed E-state index contributed by atoms with van der Waals surface area (Å²) in [6, 6.07) is -4.74. The minimum Gasteiger partial charge on any atom is -0.481 e. The smallest absolute Gasteiger partial charge is 0.303 e. The van der Waals surface area contributed by atoms with Gasteiger partial charge in [0, 0.05) is 6.42 Å². The van der Waals surface area contributed by atoms with Gasteiger partial charge >= 0.3 is 5.97 Å². The van der Waals surface area contributed by atoms with E-state index < -0.39 is 78.4 Å². The maximum absolute atomic E-state index is 12.7. The van der Waals surface area contributed by atoms with Crippen molar-refractivity contribution in [2.24, 2.45) is 17.5 Å². The first-order chi connectivity index (χ1) is 16.2. The van der Waals surface area contributed by atoms with Gasteiger partial charge in [-0.25, -0.2) is 5.84 Å². The van der Waals surface area contributed by atoms with Crippen molar-refractivity contribution in [3.05, 3.63) is 0 Å². The Morgan fingerprint density at radius 2 is 1.23 bits per heavy atom. The van der Waals surface area contributed by atoms with Gasteiger partial charge in [0.05, 0.1) is 12.8 Å². The van der Waals surface area contributed by atoms with Crippen LogP contribution in [0.3, 0.4) is 0 Å². The molecule has 6 amide bonds. The van der Waals surface area contributed by atoms with E-state index in [1.165, 1.54) is 13.8 Å². The Kier molecular flexibility index (Phi) is 13.6. The van der Waals surface area contributed by atoms with Crippen molar-refractivity contribution in [2.75, 3.05) is 0 Å². The van der Waals surface area contributed by atoms with E-state index in [2.05, 4.69) is 21.3 Å². The topological polar surface area (TPSA) is 252 Å². The molecule has 15 heteroatoms. The highest BCUT2D eigenvalue weighted by molar-refractivity contribution is 5.97. The molecular weight excluding hydrogens is 466 g/mol. The van der Waals surface area contributed by atoms with E-state index in [1.807, 2.05) is 19.3 Å². The Balaban J connectivity index is 5.14. The number of amides is 6. The highest BCUT2D eigenvalue weighted by Gasteiger charge is 2.30. The van der Waals surface area contributed by atoms with Crippen LogP contribution in [0.5, 0.6) is 0 Å². The summed E-state index contributed by atoms with van der Waals surface area (Å²) in [7, 11) is 0. The molecular formula is C20H35N7O8. The van der Waals surface area contributed by atoms with E-state index in [9.17, 15) is 33.6 Å². The Morgan fingerprint density at radius 1 is 0.714 bits per heavy atom. The lowest BCUT2D eigenvalue weighted by atomic mass is 10.0. The minimum atomic E-state index is -1.44. The standard InChI is InChI=1S/C20H35N7O8/c1-9(2)7-12(20(35)27-22)26-19(34)13(8-14(21)28)25-18(33)11(4)24-17(32)10(3)23-15(29)5-6-16(30)31/h9-13H,5-8,22H2,1-4H3,(H2,21,28)(H,23,29)(H,24,32)(H,25,33)(H,26,34)(H,27,35)(H,30,31). The van der Waals surface area contributed by atoms with Crippen LogP contribution in [-0.4, -0.2) is 70.7 Å². The molecule has 35 heavy (non-hydrogen) atoms. The lowest BCUT2D eigenvalue weighted by Gasteiger charge is -2.24.